The second kappa shape index (κ2) is 16.2. The molecule has 3 saturated carbocycles. The summed E-state index contributed by atoms with van der Waals surface area (Å²) in [6, 6.07) is 0. The smallest absolute Gasteiger partial charge is 0.187 e. The number of fused-ring (bicyclic) bond motifs is 7. The first kappa shape index (κ1) is 44.3. The number of aliphatic hydroxyl groups excluding tert-OH is 9. The van der Waals surface area contributed by atoms with E-state index in [1.165, 1.54) is 6.92 Å². The minimum Gasteiger partial charge on any atom is -0.393 e. The van der Waals surface area contributed by atoms with Crippen LogP contribution in [-0.4, -0.2) is 176 Å². The highest BCUT2D eigenvalue weighted by Crippen LogP contribution is 2.71. The van der Waals surface area contributed by atoms with Crippen LogP contribution < -0.4 is 0 Å². The lowest BCUT2D eigenvalue weighted by Gasteiger charge is -2.60. The Kier molecular flexibility index (Phi) is 11.9. The molecule has 26 atom stereocenters. The molecule has 0 radical (unpaired) electrons. The molecule has 1 spiro atoms. The van der Waals surface area contributed by atoms with E-state index in [0.717, 1.165) is 31.3 Å². The van der Waals surface area contributed by atoms with Gasteiger partial charge in [0.1, 0.15) is 54.9 Å². The second-order valence-corrected chi connectivity index (χ2v) is 20.4. The molecule has 0 aromatic heterocycles. The van der Waals surface area contributed by atoms with Crippen molar-refractivity contribution >= 4 is 0 Å². The standard InChI is InChI=1S/C43H68O17/c1-17-14-55-43(13-25(17)45)18(2)30-28(60-43)12-24-22-7-6-20-10-21(44)11-29(42(20,5)23(22)8-9-41(24,30)4)57-40-37(59-39-35(52)33(50)31(48)19(3)56-39)36(27(47)16-54-40)58-38-34(51)32(49)26(46)15-53-38/h6,17-19,21-40,44-52H,7-16H2,1-5H3. The molecule has 342 valence electrons. The molecule has 9 rings (SSSR count). The average Bonchev–Trinajstić information content (AvgIpc) is 3.65. The molecule has 5 saturated heterocycles. The third-order valence-corrected chi connectivity index (χ3v) is 17.1. The fourth-order valence-electron chi connectivity index (χ4n) is 13.6. The molecule has 8 fully saturated rings. The molecule has 26 unspecified atom stereocenters. The van der Waals surface area contributed by atoms with Crippen molar-refractivity contribution in [3.63, 3.8) is 0 Å². The molecule has 9 N–H and O–H groups in total. The monoisotopic (exact) mass is 856 g/mol. The number of ether oxygens (including phenoxy) is 8. The third kappa shape index (κ3) is 7.00. The summed E-state index contributed by atoms with van der Waals surface area (Å²) in [5.41, 5.74) is 0.539. The molecular weight excluding hydrogens is 788 g/mol. The molecule has 60 heavy (non-hydrogen) atoms. The van der Waals surface area contributed by atoms with E-state index in [-0.39, 0.29) is 54.8 Å². The van der Waals surface area contributed by atoms with Crippen molar-refractivity contribution in [1.82, 2.24) is 0 Å². The summed E-state index contributed by atoms with van der Waals surface area (Å²) in [5.74, 6) is 0.476. The van der Waals surface area contributed by atoms with Gasteiger partial charge in [-0.05, 0) is 68.1 Å². The molecule has 5 heterocycles. The van der Waals surface area contributed by atoms with Gasteiger partial charge >= 0.3 is 0 Å². The van der Waals surface area contributed by atoms with Gasteiger partial charge in [0.2, 0.25) is 0 Å². The lowest BCUT2D eigenvalue weighted by molar-refractivity contribution is -0.382. The molecule has 4 aliphatic carbocycles. The van der Waals surface area contributed by atoms with Crippen molar-refractivity contribution in [3.05, 3.63) is 11.6 Å². The number of rotatable bonds is 6. The molecule has 9 aliphatic rings. The van der Waals surface area contributed by atoms with E-state index in [1.54, 1.807) is 0 Å². The minimum absolute atomic E-state index is 0.0143. The molecule has 0 aromatic rings. The minimum atomic E-state index is -1.73. The zero-order valence-corrected chi connectivity index (χ0v) is 35.2. The predicted molar refractivity (Wildman–Crippen MR) is 205 cm³/mol. The van der Waals surface area contributed by atoms with Crippen LogP contribution in [0.4, 0.5) is 0 Å². The molecule has 0 bridgehead atoms. The lowest BCUT2D eigenvalue weighted by Crippen LogP contribution is -2.65. The van der Waals surface area contributed by atoms with Crippen molar-refractivity contribution in [1.29, 1.82) is 0 Å². The zero-order valence-electron chi connectivity index (χ0n) is 35.2. The zero-order chi connectivity index (χ0) is 42.8. The van der Waals surface area contributed by atoms with Gasteiger partial charge in [0, 0.05) is 30.1 Å². The molecule has 17 heteroatoms. The van der Waals surface area contributed by atoms with Gasteiger partial charge in [-0.3, -0.25) is 0 Å². The van der Waals surface area contributed by atoms with E-state index in [0.29, 0.717) is 31.3 Å². The average molecular weight is 857 g/mol. The summed E-state index contributed by atoms with van der Waals surface area (Å²) in [5, 5.41) is 97.1. The first-order valence-electron chi connectivity index (χ1n) is 22.4. The Bertz CT molecular complexity index is 1590. The van der Waals surface area contributed by atoms with Crippen LogP contribution in [-0.2, 0) is 37.9 Å². The summed E-state index contributed by atoms with van der Waals surface area (Å²) < 4.78 is 50.4. The van der Waals surface area contributed by atoms with Crippen molar-refractivity contribution in [2.24, 2.45) is 46.3 Å². The molecule has 17 nitrogen and oxygen atoms in total. The van der Waals surface area contributed by atoms with Gasteiger partial charge in [-0.1, -0.05) is 39.3 Å². The van der Waals surface area contributed by atoms with Crippen LogP contribution in [0.3, 0.4) is 0 Å². The fraction of sp³-hybridized carbons (Fsp3) is 0.953. The Morgan fingerprint density at radius 1 is 0.700 bits per heavy atom. The fourth-order valence-corrected chi connectivity index (χ4v) is 13.6. The Morgan fingerprint density at radius 2 is 1.40 bits per heavy atom. The van der Waals surface area contributed by atoms with Crippen LogP contribution >= 0.6 is 0 Å². The van der Waals surface area contributed by atoms with E-state index < -0.39 is 109 Å². The van der Waals surface area contributed by atoms with E-state index in [2.05, 4.69) is 26.8 Å². The van der Waals surface area contributed by atoms with Gasteiger partial charge in [0.05, 0.1) is 50.3 Å². The summed E-state index contributed by atoms with van der Waals surface area (Å²) in [7, 11) is 0. The Hall–Kier alpha value is -0.940. The van der Waals surface area contributed by atoms with Crippen LogP contribution in [0.5, 0.6) is 0 Å². The SMILES string of the molecule is CC1COC2(CC1O)OC1CC3C4CC=C5CC(O)CC(OC6OCC(O)C(OC7OCC(O)C(O)C7O)C6OC6OC(C)C(O)C(O)C6O)C5(C)C4CCC3(C)C1C2C. The van der Waals surface area contributed by atoms with Gasteiger partial charge in [-0.15, -0.1) is 0 Å². The maximum atomic E-state index is 11.4. The number of aliphatic hydroxyl groups is 9. The summed E-state index contributed by atoms with van der Waals surface area (Å²) in [4.78, 5) is 0. The Balaban J connectivity index is 0.991. The van der Waals surface area contributed by atoms with E-state index in [4.69, 9.17) is 37.9 Å². The Morgan fingerprint density at radius 3 is 2.15 bits per heavy atom. The van der Waals surface area contributed by atoms with Crippen LogP contribution in [0.15, 0.2) is 11.6 Å². The van der Waals surface area contributed by atoms with Crippen molar-refractivity contribution in [3.8, 4) is 0 Å². The van der Waals surface area contributed by atoms with Gasteiger partial charge in [-0.2, -0.15) is 0 Å². The summed E-state index contributed by atoms with van der Waals surface area (Å²) >= 11 is 0. The highest BCUT2D eigenvalue weighted by atomic mass is 16.8. The highest BCUT2D eigenvalue weighted by Gasteiger charge is 2.70. The molecule has 5 aliphatic heterocycles. The largest absolute Gasteiger partial charge is 0.393 e. The van der Waals surface area contributed by atoms with Crippen molar-refractivity contribution in [2.75, 3.05) is 19.8 Å². The van der Waals surface area contributed by atoms with E-state index in [9.17, 15) is 46.0 Å². The Labute approximate surface area is 350 Å². The lowest BCUT2D eigenvalue weighted by atomic mass is 9.46. The summed E-state index contributed by atoms with van der Waals surface area (Å²) in [6.45, 7) is 10.2. The quantitative estimate of drug-likeness (QED) is 0.152. The van der Waals surface area contributed by atoms with Crippen LogP contribution in [0.25, 0.3) is 0 Å². The van der Waals surface area contributed by atoms with Gasteiger partial charge in [0.15, 0.2) is 24.7 Å². The van der Waals surface area contributed by atoms with Crippen molar-refractivity contribution in [2.45, 2.75) is 190 Å². The van der Waals surface area contributed by atoms with Crippen LogP contribution in [0, 0.1) is 46.3 Å². The van der Waals surface area contributed by atoms with E-state index in [1.807, 2.05) is 6.92 Å². The summed E-state index contributed by atoms with van der Waals surface area (Å²) in [6.07, 6.45) is -13.6. The first-order chi connectivity index (χ1) is 28.4. The number of allylic oxidation sites excluding steroid dienone is 1. The molecule has 0 amide bonds. The molecular formula is C43H68O17. The van der Waals surface area contributed by atoms with Crippen molar-refractivity contribution < 1.29 is 83.9 Å². The highest BCUT2D eigenvalue weighted by molar-refractivity contribution is 5.29. The van der Waals surface area contributed by atoms with Gasteiger partial charge in [-0.25, -0.2) is 0 Å². The second-order valence-electron chi connectivity index (χ2n) is 20.4. The maximum absolute atomic E-state index is 11.4. The van der Waals surface area contributed by atoms with Crippen LogP contribution in [0.2, 0.25) is 0 Å². The van der Waals surface area contributed by atoms with Gasteiger partial charge in [0.25, 0.3) is 0 Å². The molecule has 0 aromatic carbocycles. The normalized spacial score (nSPS) is 59.2. The topological polar surface area (TPSA) is 256 Å². The number of hydrogen-bond donors (Lipinski definition) is 9. The third-order valence-electron chi connectivity index (χ3n) is 17.1. The predicted octanol–water partition coefficient (Wildman–Crippen LogP) is -0.566. The maximum Gasteiger partial charge on any atom is 0.187 e. The van der Waals surface area contributed by atoms with Gasteiger partial charge < -0.3 is 83.9 Å². The van der Waals surface area contributed by atoms with Crippen LogP contribution in [0.1, 0.15) is 79.6 Å². The van der Waals surface area contributed by atoms with E-state index >= 15 is 0 Å². The number of hydrogen-bond acceptors (Lipinski definition) is 17. The first-order valence-corrected chi connectivity index (χ1v) is 22.4.